The second kappa shape index (κ2) is 12.9. The summed E-state index contributed by atoms with van der Waals surface area (Å²) in [5.74, 6) is 0. The van der Waals surface area contributed by atoms with Gasteiger partial charge >= 0.3 is 33.3 Å². The molecule has 0 unspecified atom stereocenters. The minimum absolute atomic E-state index is 0.194. The second-order valence-electron chi connectivity index (χ2n) is 5.85. The van der Waals surface area contributed by atoms with Crippen molar-refractivity contribution in [3.05, 3.63) is 81.5 Å². The molecule has 0 radical (unpaired) electrons. The van der Waals surface area contributed by atoms with Gasteiger partial charge in [0.1, 0.15) is 0 Å². The van der Waals surface area contributed by atoms with Crippen LogP contribution in [0.3, 0.4) is 0 Å². The Morgan fingerprint density at radius 3 is 1.61 bits per heavy atom. The van der Waals surface area contributed by atoms with Crippen molar-refractivity contribution in [3.8, 4) is 0 Å². The topological polar surface area (TPSA) is 24.7 Å². The van der Waals surface area contributed by atoms with E-state index in [-0.39, 0.29) is 13.1 Å². The molecule has 0 aliphatic rings. The van der Waals surface area contributed by atoms with Crippen molar-refractivity contribution >= 4 is 55.3 Å². The van der Waals surface area contributed by atoms with Gasteiger partial charge in [-0.05, 0) is 60.4 Å². The van der Waals surface area contributed by atoms with E-state index in [0.717, 1.165) is 34.0 Å². The third-order valence-electron chi connectivity index (χ3n) is 3.97. The minimum atomic E-state index is 0.194. The Morgan fingerprint density at radius 2 is 1.21 bits per heavy atom. The molecule has 0 aliphatic carbocycles. The first-order valence-corrected chi connectivity index (χ1v) is 12.7. The van der Waals surface area contributed by atoms with Crippen molar-refractivity contribution in [1.29, 1.82) is 0 Å². The Labute approximate surface area is 186 Å². The Hall–Kier alpha value is -1.42. The molecule has 0 saturated heterocycles. The van der Waals surface area contributed by atoms with Crippen molar-refractivity contribution in [2.75, 3.05) is 0 Å². The van der Waals surface area contributed by atoms with Crippen LogP contribution in [0.2, 0.25) is 0 Å². The summed E-state index contributed by atoms with van der Waals surface area (Å²) >= 11 is 1.89. The Morgan fingerprint density at radius 1 is 0.786 bits per heavy atom. The molecule has 0 N–H and O–H groups in total. The molecule has 0 bridgehead atoms. The van der Waals surface area contributed by atoms with E-state index in [9.17, 15) is 0 Å². The van der Waals surface area contributed by atoms with Crippen molar-refractivity contribution in [2.24, 2.45) is 9.98 Å². The number of benzene rings is 2. The molecule has 28 heavy (non-hydrogen) atoms. The molecule has 0 amide bonds. The number of aryl methyl sites for hydroxylation is 2. The van der Waals surface area contributed by atoms with Crippen molar-refractivity contribution in [1.82, 2.24) is 0 Å². The molecule has 2 nitrogen and oxygen atoms in total. The molecule has 0 aliphatic heterocycles. The Kier molecular flexibility index (Phi) is 10.6. The van der Waals surface area contributed by atoms with Crippen molar-refractivity contribution < 1.29 is 13.1 Å². The van der Waals surface area contributed by atoms with Crippen LogP contribution in [-0.4, -0.2) is 12.4 Å². The summed E-state index contributed by atoms with van der Waals surface area (Å²) < 4.78 is 0. The van der Waals surface area contributed by atoms with Gasteiger partial charge < -0.3 is 0 Å². The molecule has 1 heterocycles. The van der Waals surface area contributed by atoms with Gasteiger partial charge in [0, 0.05) is 22.2 Å². The van der Waals surface area contributed by atoms with E-state index in [2.05, 4.69) is 72.4 Å². The van der Waals surface area contributed by atoms with Crippen LogP contribution in [0, 0.1) is 0 Å². The molecular formula is C22H22Cl2FeN2S. The number of hydrogen-bond donors (Lipinski definition) is 0. The molecule has 2 aromatic carbocycles. The van der Waals surface area contributed by atoms with Gasteiger partial charge in [0.05, 0.1) is 11.4 Å². The van der Waals surface area contributed by atoms with Crippen LogP contribution >= 0.6 is 31.5 Å². The standard InChI is InChI=1S/C22H22N2S.2ClH.Fe/c1-3-17-7-5-9-19(13-17)23-15-21-11-12-22(25-21)16-24-20-10-6-8-18(4-2)14-20;;;/h5-16H,3-4H2,1-2H3;2*1H;/q;;;+2/p-2. The molecule has 1 aromatic heterocycles. The fraction of sp³-hybridized carbons (Fsp3) is 0.182. The van der Waals surface area contributed by atoms with Gasteiger partial charge in [-0.1, -0.05) is 38.1 Å². The Balaban J connectivity index is 0.000000878. The van der Waals surface area contributed by atoms with Gasteiger partial charge in [-0.25, -0.2) is 0 Å². The number of hydrogen-bond acceptors (Lipinski definition) is 3. The predicted octanol–water partition coefficient (Wildman–Crippen LogP) is 7.75. The van der Waals surface area contributed by atoms with Gasteiger partial charge in [0.15, 0.2) is 0 Å². The number of thiophene rings is 1. The molecule has 6 heteroatoms. The second-order valence-corrected chi connectivity index (χ2v) is 8.82. The van der Waals surface area contributed by atoms with E-state index in [1.54, 1.807) is 11.3 Å². The van der Waals surface area contributed by atoms with E-state index in [4.69, 9.17) is 20.2 Å². The number of rotatable bonds is 6. The van der Waals surface area contributed by atoms with Crippen LogP contribution in [-0.2, 0) is 26.0 Å². The molecule has 0 spiro atoms. The molecule has 148 valence electrons. The quantitative estimate of drug-likeness (QED) is 0.258. The molecule has 0 atom stereocenters. The van der Waals surface area contributed by atoms with E-state index in [1.165, 1.54) is 11.1 Å². The van der Waals surface area contributed by atoms with Gasteiger partial charge in [-0.15, -0.1) is 11.3 Å². The molecule has 3 rings (SSSR count). The van der Waals surface area contributed by atoms with Crippen LogP contribution in [0.4, 0.5) is 11.4 Å². The first-order valence-electron chi connectivity index (χ1n) is 8.89. The SMILES string of the molecule is CCc1cccc(N=Cc2ccc(C=Nc3cccc(CC)c3)s2)c1.[Cl][Fe][Cl]. The maximum absolute atomic E-state index is 4.76. The van der Waals surface area contributed by atoms with E-state index >= 15 is 0 Å². The average molecular weight is 473 g/mol. The Bertz CT molecular complexity index is 850. The molecule has 0 fully saturated rings. The zero-order valence-electron chi connectivity index (χ0n) is 15.8. The van der Waals surface area contributed by atoms with Crippen molar-refractivity contribution in [2.45, 2.75) is 26.7 Å². The van der Waals surface area contributed by atoms with Crippen LogP contribution < -0.4 is 0 Å². The van der Waals surface area contributed by atoms with Crippen LogP contribution in [0.1, 0.15) is 34.7 Å². The van der Waals surface area contributed by atoms with E-state index in [1.807, 2.05) is 24.6 Å². The number of aliphatic imine (C=N–C) groups is 2. The normalized spacial score (nSPS) is 11.1. The molecule has 0 saturated carbocycles. The average Bonchev–Trinajstić information content (AvgIpc) is 3.19. The first-order chi connectivity index (χ1) is 13.7. The summed E-state index contributed by atoms with van der Waals surface area (Å²) in [5, 5.41) is 0. The van der Waals surface area contributed by atoms with Crippen LogP contribution in [0.25, 0.3) is 0 Å². The first kappa shape index (κ1) is 22.9. The van der Waals surface area contributed by atoms with E-state index in [0.29, 0.717) is 0 Å². The summed E-state index contributed by atoms with van der Waals surface area (Å²) in [4.78, 5) is 11.4. The summed E-state index contributed by atoms with van der Waals surface area (Å²) in [6.07, 6.45) is 5.91. The van der Waals surface area contributed by atoms with Gasteiger partial charge in [0.2, 0.25) is 0 Å². The molecular weight excluding hydrogens is 451 g/mol. The number of nitrogens with zero attached hydrogens (tertiary/aromatic N) is 2. The van der Waals surface area contributed by atoms with Crippen molar-refractivity contribution in [3.63, 3.8) is 0 Å². The predicted molar refractivity (Wildman–Crippen MR) is 122 cm³/mol. The summed E-state index contributed by atoms with van der Waals surface area (Å²) in [6, 6.07) is 20.9. The zero-order chi connectivity index (χ0) is 20.2. The maximum atomic E-state index is 4.76. The summed E-state index contributed by atoms with van der Waals surface area (Å²) in [7, 11) is 9.53. The van der Waals surface area contributed by atoms with Gasteiger partial charge in [-0.3, -0.25) is 9.98 Å². The van der Waals surface area contributed by atoms with Crippen LogP contribution in [0.15, 0.2) is 70.6 Å². The van der Waals surface area contributed by atoms with E-state index < -0.39 is 0 Å². The third kappa shape index (κ3) is 7.90. The monoisotopic (exact) mass is 472 g/mol. The van der Waals surface area contributed by atoms with Gasteiger partial charge in [0.25, 0.3) is 0 Å². The summed E-state index contributed by atoms with van der Waals surface area (Å²) in [5.41, 5.74) is 4.62. The fourth-order valence-electron chi connectivity index (χ4n) is 2.50. The molecule has 3 aromatic rings. The third-order valence-corrected chi connectivity index (χ3v) is 4.92. The van der Waals surface area contributed by atoms with Crippen LogP contribution in [0.5, 0.6) is 0 Å². The zero-order valence-corrected chi connectivity index (χ0v) is 19.2. The fourth-order valence-corrected chi connectivity index (χ4v) is 3.25. The summed E-state index contributed by atoms with van der Waals surface area (Å²) in [6.45, 7) is 4.31. The number of halogens is 2. The van der Waals surface area contributed by atoms with Gasteiger partial charge in [-0.2, -0.15) is 0 Å².